The van der Waals surface area contributed by atoms with E-state index in [2.05, 4.69) is 71.1 Å². The molecule has 16 heavy (non-hydrogen) atoms. The molecule has 0 radical (unpaired) electrons. The highest BCUT2D eigenvalue weighted by Crippen LogP contribution is 2.40. The Hall–Kier alpha value is -0.830. The molecule has 1 fully saturated rings. The Balaban J connectivity index is 1.91. The standard InChI is InChI=1S/C15H13I/c16-15-9-7-14(8-10-15)13-5-3-12(4-6-13)11-1-2-11/h3-11H,1-2H2. The second kappa shape index (κ2) is 4.21. The molecule has 0 unspecified atom stereocenters. The highest BCUT2D eigenvalue weighted by atomic mass is 127. The van der Waals surface area contributed by atoms with Crippen LogP contribution in [0, 0.1) is 3.57 Å². The molecule has 0 heterocycles. The first kappa shape index (κ1) is 10.3. The van der Waals surface area contributed by atoms with E-state index < -0.39 is 0 Å². The molecule has 0 nitrogen and oxygen atoms in total. The predicted molar refractivity (Wildman–Crippen MR) is 76.6 cm³/mol. The predicted octanol–water partition coefficient (Wildman–Crippen LogP) is 4.84. The lowest BCUT2D eigenvalue weighted by molar-refractivity contribution is 1.13. The van der Waals surface area contributed by atoms with Crippen LogP contribution >= 0.6 is 22.6 Å². The third kappa shape index (κ3) is 2.14. The number of benzene rings is 2. The Morgan fingerprint density at radius 2 is 1.25 bits per heavy atom. The Morgan fingerprint density at radius 1 is 0.750 bits per heavy atom. The molecule has 2 aromatic rings. The maximum Gasteiger partial charge on any atom is 0.0130 e. The summed E-state index contributed by atoms with van der Waals surface area (Å²) in [5, 5.41) is 0. The van der Waals surface area contributed by atoms with Crippen LogP contribution in [0.2, 0.25) is 0 Å². The summed E-state index contributed by atoms with van der Waals surface area (Å²) in [6, 6.07) is 17.7. The van der Waals surface area contributed by atoms with E-state index in [-0.39, 0.29) is 0 Å². The molecule has 0 spiro atoms. The first-order valence-corrected chi connectivity index (χ1v) is 6.77. The van der Waals surface area contributed by atoms with Crippen LogP contribution in [-0.2, 0) is 0 Å². The van der Waals surface area contributed by atoms with Crippen LogP contribution in [0.15, 0.2) is 48.5 Å². The molecule has 2 aromatic carbocycles. The molecule has 3 rings (SSSR count). The van der Waals surface area contributed by atoms with Gasteiger partial charge in [0.25, 0.3) is 0 Å². The third-order valence-corrected chi connectivity index (χ3v) is 3.86. The van der Waals surface area contributed by atoms with E-state index in [0.717, 1.165) is 5.92 Å². The molecule has 0 aliphatic heterocycles. The zero-order valence-corrected chi connectivity index (χ0v) is 11.1. The second-order valence-electron chi connectivity index (χ2n) is 4.40. The Bertz CT molecular complexity index is 478. The zero-order valence-electron chi connectivity index (χ0n) is 8.99. The van der Waals surface area contributed by atoms with Gasteiger partial charge in [-0.25, -0.2) is 0 Å². The van der Waals surface area contributed by atoms with Crippen molar-refractivity contribution in [1.82, 2.24) is 0 Å². The molecule has 1 aliphatic rings. The van der Waals surface area contributed by atoms with E-state index in [0.29, 0.717) is 0 Å². The van der Waals surface area contributed by atoms with Crippen LogP contribution in [0.4, 0.5) is 0 Å². The maximum atomic E-state index is 2.34. The summed E-state index contributed by atoms with van der Waals surface area (Å²) in [4.78, 5) is 0. The average Bonchev–Trinajstić information content (AvgIpc) is 3.14. The molecule has 0 atom stereocenters. The molecule has 0 bridgehead atoms. The fourth-order valence-corrected chi connectivity index (χ4v) is 2.37. The molecule has 0 N–H and O–H groups in total. The van der Waals surface area contributed by atoms with Crippen molar-refractivity contribution in [1.29, 1.82) is 0 Å². The van der Waals surface area contributed by atoms with Crippen LogP contribution in [0.5, 0.6) is 0 Å². The fraction of sp³-hybridized carbons (Fsp3) is 0.200. The lowest BCUT2D eigenvalue weighted by Gasteiger charge is -2.03. The highest BCUT2D eigenvalue weighted by molar-refractivity contribution is 14.1. The Labute approximate surface area is 110 Å². The number of rotatable bonds is 2. The smallest absolute Gasteiger partial charge is 0.0130 e. The van der Waals surface area contributed by atoms with Gasteiger partial charge in [-0.15, -0.1) is 0 Å². The van der Waals surface area contributed by atoms with E-state index in [1.54, 1.807) is 0 Å². The van der Waals surface area contributed by atoms with E-state index in [1.165, 1.54) is 33.1 Å². The van der Waals surface area contributed by atoms with Crippen LogP contribution < -0.4 is 0 Å². The van der Waals surface area contributed by atoms with Crippen molar-refractivity contribution >= 4 is 22.6 Å². The van der Waals surface area contributed by atoms with Gasteiger partial charge in [0.1, 0.15) is 0 Å². The van der Waals surface area contributed by atoms with Crippen molar-refractivity contribution in [3.05, 3.63) is 57.7 Å². The molecule has 0 saturated heterocycles. The summed E-state index contributed by atoms with van der Waals surface area (Å²) < 4.78 is 1.29. The van der Waals surface area contributed by atoms with Gasteiger partial charge in [-0.1, -0.05) is 36.4 Å². The summed E-state index contributed by atoms with van der Waals surface area (Å²) in [6.45, 7) is 0. The van der Waals surface area contributed by atoms with Gasteiger partial charge in [0, 0.05) is 3.57 Å². The van der Waals surface area contributed by atoms with E-state index in [9.17, 15) is 0 Å². The maximum absolute atomic E-state index is 2.34. The molecule has 1 heteroatoms. The number of hydrogen-bond acceptors (Lipinski definition) is 0. The van der Waals surface area contributed by atoms with E-state index >= 15 is 0 Å². The van der Waals surface area contributed by atoms with Crippen molar-refractivity contribution in [3.63, 3.8) is 0 Å². The first-order chi connectivity index (χ1) is 7.83. The molecule has 1 aliphatic carbocycles. The summed E-state index contributed by atoms with van der Waals surface area (Å²) >= 11 is 2.34. The second-order valence-corrected chi connectivity index (χ2v) is 5.65. The highest BCUT2D eigenvalue weighted by Gasteiger charge is 2.22. The van der Waals surface area contributed by atoms with Gasteiger partial charge in [-0.05, 0) is 70.2 Å². The minimum atomic E-state index is 0.853. The summed E-state index contributed by atoms with van der Waals surface area (Å²) in [7, 11) is 0. The first-order valence-electron chi connectivity index (χ1n) is 5.69. The van der Waals surface area contributed by atoms with Crippen LogP contribution in [0.1, 0.15) is 24.3 Å². The molecule has 0 amide bonds. The van der Waals surface area contributed by atoms with Gasteiger partial charge in [0.05, 0.1) is 0 Å². The Kier molecular flexibility index (Phi) is 2.72. The molecule has 0 aromatic heterocycles. The average molecular weight is 320 g/mol. The van der Waals surface area contributed by atoms with Crippen molar-refractivity contribution in [2.75, 3.05) is 0 Å². The normalized spacial score (nSPS) is 15.1. The Morgan fingerprint density at radius 3 is 1.75 bits per heavy atom. The zero-order chi connectivity index (χ0) is 11.0. The van der Waals surface area contributed by atoms with Crippen molar-refractivity contribution in [3.8, 4) is 11.1 Å². The summed E-state index contributed by atoms with van der Waals surface area (Å²) in [5.74, 6) is 0.853. The van der Waals surface area contributed by atoms with Gasteiger partial charge in [0.2, 0.25) is 0 Å². The lowest BCUT2D eigenvalue weighted by Crippen LogP contribution is -1.81. The van der Waals surface area contributed by atoms with Gasteiger partial charge >= 0.3 is 0 Å². The summed E-state index contributed by atoms with van der Waals surface area (Å²) in [5.41, 5.74) is 4.14. The summed E-state index contributed by atoms with van der Waals surface area (Å²) in [6.07, 6.45) is 2.76. The molecular weight excluding hydrogens is 307 g/mol. The van der Waals surface area contributed by atoms with Gasteiger partial charge < -0.3 is 0 Å². The van der Waals surface area contributed by atoms with Crippen molar-refractivity contribution < 1.29 is 0 Å². The van der Waals surface area contributed by atoms with E-state index in [4.69, 9.17) is 0 Å². The van der Waals surface area contributed by atoms with Gasteiger partial charge in [0.15, 0.2) is 0 Å². The van der Waals surface area contributed by atoms with Crippen LogP contribution in [0.25, 0.3) is 11.1 Å². The largest absolute Gasteiger partial charge is 0.0581 e. The quantitative estimate of drug-likeness (QED) is 0.695. The topological polar surface area (TPSA) is 0 Å². The SMILES string of the molecule is Ic1ccc(-c2ccc(C3CC3)cc2)cc1. The molecule has 80 valence electrons. The fourth-order valence-electron chi connectivity index (χ4n) is 2.01. The van der Waals surface area contributed by atoms with Gasteiger partial charge in [-0.2, -0.15) is 0 Å². The van der Waals surface area contributed by atoms with Gasteiger partial charge in [-0.3, -0.25) is 0 Å². The van der Waals surface area contributed by atoms with Crippen LogP contribution in [-0.4, -0.2) is 0 Å². The molecular formula is C15H13I. The minimum Gasteiger partial charge on any atom is -0.0581 e. The minimum absolute atomic E-state index is 0.853. The van der Waals surface area contributed by atoms with E-state index in [1.807, 2.05) is 0 Å². The molecule has 1 saturated carbocycles. The third-order valence-electron chi connectivity index (χ3n) is 3.14. The number of halogens is 1. The lowest BCUT2D eigenvalue weighted by atomic mass is 10.0. The van der Waals surface area contributed by atoms with Crippen molar-refractivity contribution in [2.45, 2.75) is 18.8 Å². The van der Waals surface area contributed by atoms with Crippen molar-refractivity contribution in [2.24, 2.45) is 0 Å². The monoisotopic (exact) mass is 320 g/mol. The van der Waals surface area contributed by atoms with Crippen LogP contribution in [0.3, 0.4) is 0 Å². The number of hydrogen-bond donors (Lipinski definition) is 0.